The lowest BCUT2D eigenvalue weighted by Gasteiger charge is -2.17. The standard InChI is InChI=1S/C15H17O3P/c1-3-19(16,17)18-15-12(2)8-7-11-14(15)13-9-5-4-6-10-13/h4-11H,3H2,1-2H3,(H,16,17). The highest BCUT2D eigenvalue weighted by atomic mass is 31.2. The molecule has 0 aliphatic carbocycles. The fraction of sp³-hybridized carbons (Fsp3) is 0.200. The maximum atomic E-state index is 11.8. The average molecular weight is 276 g/mol. The van der Waals surface area contributed by atoms with Gasteiger partial charge >= 0.3 is 7.60 Å². The molecule has 0 fully saturated rings. The van der Waals surface area contributed by atoms with Crippen LogP contribution in [0.25, 0.3) is 11.1 Å². The normalized spacial score (nSPS) is 13.8. The first kappa shape index (κ1) is 13.9. The maximum absolute atomic E-state index is 11.8. The van der Waals surface area contributed by atoms with E-state index in [1.807, 2.05) is 55.5 Å². The van der Waals surface area contributed by atoms with E-state index in [9.17, 15) is 9.46 Å². The molecule has 0 radical (unpaired) electrons. The molecule has 3 nitrogen and oxygen atoms in total. The zero-order chi connectivity index (χ0) is 13.9. The zero-order valence-corrected chi connectivity index (χ0v) is 11.9. The molecule has 1 atom stereocenters. The molecule has 0 bridgehead atoms. The van der Waals surface area contributed by atoms with E-state index in [1.54, 1.807) is 6.92 Å². The Bertz CT molecular complexity index is 608. The first-order valence-electron chi connectivity index (χ1n) is 6.20. The summed E-state index contributed by atoms with van der Waals surface area (Å²) >= 11 is 0. The summed E-state index contributed by atoms with van der Waals surface area (Å²) in [7, 11) is -3.57. The van der Waals surface area contributed by atoms with E-state index in [-0.39, 0.29) is 6.16 Å². The van der Waals surface area contributed by atoms with E-state index in [1.165, 1.54) is 0 Å². The lowest BCUT2D eigenvalue weighted by Crippen LogP contribution is -1.98. The van der Waals surface area contributed by atoms with Crippen LogP contribution in [-0.2, 0) is 4.57 Å². The van der Waals surface area contributed by atoms with Gasteiger partial charge in [0.05, 0.1) is 6.16 Å². The lowest BCUT2D eigenvalue weighted by atomic mass is 10.0. The molecule has 0 aromatic heterocycles. The number of rotatable bonds is 4. The maximum Gasteiger partial charge on any atom is 0.376 e. The monoisotopic (exact) mass is 276 g/mol. The third-order valence-electron chi connectivity index (χ3n) is 2.93. The average Bonchev–Trinajstić information content (AvgIpc) is 2.42. The Kier molecular flexibility index (Phi) is 4.08. The molecule has 1 N–H and O–H groups in total. The van der Waals surface area contributed by atoms with Gasteiger partial charge in [0.25, 0.3) is 0 Å². The van der Waals surface area contributed by atoms with Crippen LogP contribution in [0.2, 0.25) is 0 Å². The number of aryl methyl sites for hydroxylation is 1. The molecule has 0 heterocycles. The van der Waals surface area contributed by atoms with Gasteiger partial charge in [-0.2, -0.15) is 0 Å². The van der Waals surface area contributed by atoms with Crippen LogP contribution in [0.3, 0.4) is 0 Å². The molecule has 19 heavy (non-hydrogen) atoms. The van der Waals surface area contributed by atoms with Crippen LogP contribution in [-0.4, -0.2) is 11.1 Å². The van der Waals surface area contributed by atoms with E-state index < -0.39 is 7.60 Å². The number of hydrogen-bond donors (Lipinski definition) is 1. The van der Waals surface area contributed by atoms with Gasteiger partial charge < -0.3 is 9.42 Å². The number of hydrogen-bond acceptors (Lipinski definition) is 2. The first-order valence-corrected chi connectivity index (χ1v) is 7.96. The highest BCUT2D eigenvalue weighted by Gasteiger charge is 2.21. The van der Waals surface area contributed by atoms with Crippen molar-refractivity contribution in [3.8, 4) is 16.9 Å². The van der Waals surface area contributed by atoms with Crippen molar-refractivity contribution in [1.82, 2.24) is 0 Å². The van der Waals surface area contributed by atoms with Crippen LogP contribution in [0.5, 0.6) is 5.75 Å². The van der Waals surface area contributed by atoms with Gasteiger partial charge in [-0.1, -0.05) is 55.5 Å². The second-order valence-electron chi connectivity index (χ2n) is 4.36. The Morgan fingerprint density at radius 3 is 2.42 bits per heavy atom. The quantitative estimate of drug-likeness (QED) is 0.849. The van der Waals surface area contributed by atoms with E-state index in [4.69, 9.17) is 4.52 Å². The molecule has 1 unspecified atom stereocenters. The van der Waals surface area contributed by atoms with Crippen molar-refractivity contribution in [2.75, 3.05) is 6.16 Å². The minimum Gasteiger partial charge on any atom is -0.424 e. The van der Waals surface area contributed by atoms with Crippen LogP contribution in [0.15, 0.2) is 48.5 Å². The molecule has 0 aliphatic rings. The van der Waals surface area contributed by atoms with Crippen molar-refractivity contribution in [3.63, 3.8) is 0 Å². The van der Waals surface area contributed by atoms with Crippen molar-refractivity contribution in [1.29, 1.82) is 0 Å². The lowest BCUT2D eigenvalue weighted by molar-refractivity contribution is 0.381. The molecule has 2 rings (SSSR count). The minimum absolute atomic E-state index is 0.0928. The predicted octanol–water partition coefficient (Wildman–Crippen LogP) is 4.25. The summed E-state index contributed by atoms with van der Waals surface area (Å²) in [5.74, 6) is 0.487. The van der Waals surface area contributed by atoms with Gasteiger partial charge in [-0.3, -0.25) is 0 Å². The Hall–Kier alpha value is -1.57. The van der Waals surface area contributed by atoms with E-state index >= 15 is 0 Å². The summed E-state index contributed by atoms with van der Waals surface area (Å²) in [6.07, 6.45) is 0.0928. The first-order chi connectivity index (χ1) is 9.03. The van der Waals surface area contributed by atoms with Crippen molar-refractivity contribution in [2.24, 2.45) is 0 Å². The summed E-state index contributed by atoms with van der Waals surface area (Å²) in [5, 5.41) is 0. The smallest absolute Gasteiger partial charge is 0.376 e. The molecule has 2 aromatic rings. The summed E-state index contributed by atoms with van der Waals surface area (Å²) in [6, 6.07) is 15.4. The van der Waals surface area contributed by atoms with Crippen LogP contribution >= 0.6 is 7.60 Å². The SMILES string of the molecule is CCP(=O)(O)Oc1c(C)cccc1-c1ccccc1. The molecule has 0 aliphatic heterocycles. The van der Waals surface area contributed by atoms with Gasteiger partial charge in [-0.05, 0) is 18.1 Å². The largest absolute Gasteiger partial charge is 0.424 e. The second kappa shape index (κ2) is 5.60. The van der Waals surface area contributed by atoms with Crippen LogP contribution < -0.4 is 4.52 Å². The molecule has 0 amide bonds. The Balaban J connectivity index is 2.51. The molecular formula is C15H17O3P. The van der Waals surface area contributed by atoms with Gasteiger partial charge in [0.2, 0.25) is 0 Å². The Morgan fingerprint density at radius 2 is 1.79 bits per heavy atom. The summed E-state index contributed by atoms with van der Waals surface area (Å²) in [6.45, 7) is 3.51. The minimum atomic E-state index is -3.57. The summed E-state index contributed by atoms with van der Waals surface area (Å²) in [4.78, 5) is 9.71. The van der Waals surface area contributed by atoms with Gasteiger partial charge in [0, 0.05) is 5.56 Å². The van der Waals surface area contributed by atoms with E-state index in [0.29, 0.717) is 5.75 Å². The van der Waals surface area contributed by atoms with Crippen molar-refractivity contribution < 1.29 is 14.0 Å². The summed E-state index contributed by atoms with van der Waals surface area (Å²) in [5.41, 5.74) is 2.66. The third-order valence-corrected chi connectivity index (χ3v) is 4.20. The number of para-hydroxylation sites is 1. The molecule has 0 spiro atoms. The molecule has 4 heteroatoms. The van der Waals surface area contributed by atoms with Crippen molar-refractivity contribution in [3.05, 3.63) is 54.1 Å². The zero-order valence-electron chi connectivity index (χ0n) is 11.0. The van der Waals surface area contributed by atoms with Crippen molar-refractivity contribution >= 4 is 7.60 Å². The summed E-state index contributed by atoms with van der Waals surface area (Å²) < 4.78 is 17.2. The fourth-order valence-electron chi connectivity index (χ4n) is 1.83. The van der Waals surface area contributed by atoms with Gasteiger partial charge in [0.1, 0.15) is 5.75 Å². The predicted molar refractivity (Wildman–Crippen MR) is 77.6 cm³/mol. The molecule has 0 saturated carbocycles. The number of benzene rings is 2. The van der Waals surface area contributed by atoms with Crippen LogP contribution in [0.1, 0.15) is 12.5 Å². The fourth-order valence-corrected chi connectivity index (χ4v) is 2.48. The van der Waals surface area contributed by atoms with Crippen LogP contribution in [0.4, 0.5) is 0 Å². The van der Waals surface area contributed by atoms with E-state index in [0.717, 1.165) is 16.7 Å². The highest BCUT2D eigenvalue weighted by molar-refractivity contribution is 7.53. The molecular weight excluding hydrogens is 259 g/mol. The molecule has 100 valence electrons. The van der Waals surface area contributed by atoms with Gasteiger partial charge in [0.15, 0.2) is 0 Å². The topological polar surface area (TPSA) is 46.5 Å². The third kappa shape index (κ3) is 3.25. The second-order valence-corrected chi connectivity index (χ2v) is 6.45. The Morgan fingerprint density at radius 1 is 1.11 bits per heavy atom. The Labute approximate surface area is 113 Å². The van der Waals surface area contributed by atoms with Gasteiger partial charge in [-0.15, -0.1) is 0 Å². The van der Waals surface area contributed by atoms with Crippen LogP contribution in [0, 0.1) is 6.92 Å². The molecule has 0 saturated heterocycles. The van der Waals surface area contributed by atoms with E-state index in [2.05, 4.69) is 0 Å². The highest BCUT2D eigenvalue weighted by Crippen LogP contribution is 2.46. The van der Waals surface area contributed by atoms with Crippen molar-refractivity contribution in [2.45, 2.75) is 13.8 Å². The van der Waals surface area contributed by atoms with Gasteiger partial charge in [-0.25, -0.2) is 4.57 Å². The molecule has 2 aromatic carbocycles.